The summed E-state index contributed by atoms with van der Waals surface area (Å²) in [6, 6.07) is 11.4. The van der Waals surface area contributed by atoms with E-state index in [1.165, 1.54) is 0 Å². The zero-order valence-corrected chi connectivity index (χ0v) is 13.6. The molecule has 0 aromatic heterocycles. The number of hydrogen-bond acceptors (Lipinski definition) is 5. The molecule has 0 heterocycles. The van der Waals surface area contributed by atoms with Gasteiger partial charge in [0.2, 0.25) is 0 Å². The van der Waals surface area contributed by atoms with E-state index in [2.05, 4.69) is 0 Å². The molecule has 2 aromatic carbocycles. The molecule has 0 aliphatic carbocycles. The van der Waals surface area contributed by atoms with E-state index >= 15 is 0 Å². The van der Waals surface area contributed by atoms with Gasteiger partial charge >= 0.3 is 0 Å². The average Bonchev–Trinajstić information content (AvgIpc) is 2.59. The molecule has 0 bridgehead atoms. The summed E-state index contributed by atoms with van der Waals surface area (Å²) >= 11 is 1.62. The maximum absolute atomic E-state index is 11.1. The molecule has 116 valence electrons. The molecule has 0 N–H and O–H groups in total. The van der Waals surface area contributed by atoms with Crippen molar-refractivity contribution in [3.63, 3.8) is 0 Å². The van der Waals surface area contributed by atoms with Gasteiger partial charge in [-0.3, -0.25) is 4.79 Å². The van der Waals surface area contributed by atoms with Crippen LogP contribution in [0.2, 0.25) is 0 Å². The van der Waals surface area contributed by atoms with Gasteiger partial charge in [0.05, 0.1) is 31.8 Å². The first-order valence-electron chi connectivity index (χ1n) is 6.68. The van der Waals surface area contributed by atoms with Gasteiger partial charge in [0.15, 0.2) is 6.29 Å². The molecule has 0 fully saturated rings. The van der Waals surface area contributed by atoms with E-state index < -0.39 is 0 Å². The van der Waals surface area contributed by atoms with Gasteiger partial charge in [0, 0.05) is 5.75 Å². The standard InChI is InChI=1S/C17H18O4S/c1-19-14-6-4-5-12(7-14)11-22-17-9-15(20-2)13(10-18)8-16(17)21-3/h4-10H,11H2,1-3H3. The van der Waals surface area contributed by atoms with Crippen molar-refractivity contribution in [1.82, 2.24) is 0 Å². The van der Waals surface area contributed by atoms with Crippen LogP contribution in [-0.2, 0) is 5.75 Å². The fourth-order valence-electron chi connectivity index (χ4n) is 2.02. The highest BCUT2D eigenvalue weighted by molar-refractivity contribution is 7.98. The molecule has 0 saturated heterocycles. The van der Waals surface area contributed by atoms with Crippen molar-refractivity contribution < 1.29 is 19.0 Å². The number of carbonyl (C=O) groups excluding carboxylic acids is 1. The fraction of sp³-hybridized carbons (Fsp3) is 0.235. The van der Waals surface area contributed by atoms with Crippen molar-refractivity contribution in [3.8, 4) is 17.2 Å². The molecule has 0 unspecified atom stereocenters. The van der Waals surface area contributed by atoms with Crippen molar-refractivity contribution in [3.05, 3.63) is 47.5 Å². The lowest BCUT2D eigenvalue weighted by atomic mass is 10.2. The third-order valence-corrected chi connectivity index (χ3v) is 4.28. The Kier molecular flexibility index (Phi) is 5.72. The van der Waals surface area contributed by atoms with Crippen LogP contribution in [-0.4, -0.2) is 27.6 Å². The van der Waals surface area contributed by atoms with Gasteiger partial charge in [0.1, 0.15) is 17.2 Å². The molecule has 2 aromatic rings. The van der Waals surface area contributed by atoms with Crippen LogP contribution in [0.5, 0.6) is 17.2 Å². The SMILES string of the molecule is COc1cccc(CSc2cc(OC)c(C=O)cc2OC)c1. The smallest absolute Gasteiger partial charge is 0.153 e. The number of ether oxygens (including phenoxy) is 3. The van der Waals surface area contributed by atoms with Gasteiger partial charge in [-0.25, -0.2) is 0 Å². The van der Waals surface area contributed by atoms with Gasteiger partial charge in [-0.1, -0.05) is 12.1 Å². The number of carbonyl (C=O) groups is 1. The maximum atomic E-state index is 11.1. The Bertz CT molecular complexity index is 655. The van der Waals surface area contributed by atoms with Gasteiger partial charge in [-0.15, -0.1) is 11.8 Å². The second kappa shape index (κ2) is 7.75. The molecule has 0 radical (unpaired) electrons. The molecule has 0 saturated carbocycles. The summed E-state index contributed by atoms with van der Waals surface area (Å²) in [6.07, 6.45) is 0.762. The Balaban J connectivity index is 2.22. The van der Waals surface area contributed by atoms with E-state index in [-0.39, 0.29) is 0 Å². The third kappa shape index (κ3) is 3.74. The van der Waals surface area contributed by atoms with Crippen LogP contribution in [0, 0.1) is 0 Å². The normalized spacial score (nSPS) is 10.1. The second-order valence-corrected chi connectivity index (χ2v) is 5.52. The Morgan fingerprint density at radius 2 is 1.77 bits per heavy atom. The second-order valence-electron chi connectivity index (χ2n) is 4.50. The first-order valence-corrected chi connectivity index (χ1v) is 7.67. The largest absolute Gasteiger partial charge is 0.497 e. The monoisotopic (exact) mass is 318 g/mol. The first kappa shape index (κ1) is 16.2. The van der Waals surface area contributed by atoms with Gasteiger partial charge in [-0.05, 0) is 29.8 Å². The summed E-state index contributed by atoms with van der Waals surface area (Å²) in [5.74, 6) is 2.80. The van der Waals surface area contributed by atoms with Crippen molar-refractivity contribution in [2.24, 2.45) is 0 Å². The average molecular weight is 318 g/mol. The maximum Gasteiger partial charge on any atom is 0.153 e. The fourth-order valence-corrected chi connectivity index (χ4v) is 3.00. The molecule has 0 atom stereocenters. The Morgan fingerprint density at radius 3 is 2.41 bits per heavy atom. The lowest BCUT2D eigenvalue weighted by Gasteiger charge is -2.12. The Hall–Kier alpha value is -2.14. The zero-order valence-electron chi connectivity index (χ0n) is 12.8. The summed E-state index contributed by atoms with van der Waals surface area (Å²) in [5.41, 5.74) is 1.62. The molecular formula is C17H18O4S. The summed E-state index contributed by atoms with van der Waals surface area (Å²) in [6.45, 7) is 0. The summed E-state index contributed by atoms with van der Waals surface area (Å²) in [7, 11) is 4.79. The van der Waals surface area contributed by atoms with E-state index in [4.69, 9.17) is 14.2 Å². The molecule has 0 amide bonds. The lowest BCUT2D eigenvalue weighted by molar-refractivity contribution is 0.112. The van der Waals surface area contributed by atoms with E-state index in [0.29, 0.717) is 17.1 Å². The number of hydrogen-bond donors (Lipinski definition) is 0. The molecule has 0 aliphatic rings. The van der Waals surface area contributed by atoms with Gasteiger partial charge in [0.25, 0.3) is 0 Å². The summed E-state index contributed by atoms with van der Waals surface area (Å²) in [4.78, 5) is 12.0. The minimum atomic E-state index is 0.477. The van der Waals surface area contributed by atoms with E-state index in [9.17, 15) is 4.79 Å². The topological polar surface area (TPSA) is 44.8 Å². The number of thioether (sulfide) groups is 1. The number of rotatable bonds is 7. The molecular weight excluding hydrogens is 300 g/mol. The molecule has 5 heteroatoms. The molecule has 22 heavy (non-hydrogen) atoms. The molecule has 4 nitrogen and oxygen atoms in total. The van der Waals surface area contributed by atoms with Crippen molar-refractivity contribution in [2.45, 2.75) is 10.6 Å². The van der Waals surface area contributed by atoms with Gasteiger partial charge < -0.3 is 14.2 Å². The van der Waals surface area contributed by atoms with Crippen LogP contribution >= 0.6 is 11.8 Å². The van der Waals surface area contributed by atoms with Crippen LogP contribution in [0.25, 0.3) is 0 Å². The Labute approximate surface area is 134 Å². The van der Waals surface area contributed by atoms with E-state index in [1.54, 1.807) is 39.2 Å². The lowest BCUT2D eigenvalue weighted by Crippen LogP contribution is -1.95. The van der Waals surface area contributed by atoms with Crippen molar-refractivity contribution in [2.75, 3.05) is 21.3 Å². The number of methoxy groups -OCH3 is 3. The molecule has 0 spiro atoms. The van der Waals surface area contributed by atoms with Crippen LogP contribution in [0.3, 0.4) is 0 Å². The van der Waals surface area contributed by atoms with Crippen LogP contribution in [0.15, 0.2) is 41.3 Å². The highest BCUT2D eigenvalue weighted by Crippen LogP contribution is 2.36. The summed E-state index contributed by atoms with van der Waals surface area (Å²) < 4.78 is 15.8. The highest BCUT2D eigenvalue weighted by Gasteiger charge is 2.11. The van der Waals surface area contributed by atoms with Crippen molar-refractivity contribution >= 4 is 18.0 Å². The molecule has 0 aliphatic heterocycles. The van der Waals surface area contributed by atoms with E-state index in [0.717, 1.165) is 28.2 Å². The predicted molar refractivity (Wildman–Crippen MR) is 87.5 cm³/mol. The van der Waals surface area contributed by atoms with Crippen molar-refractivity contribution in [1.29, 1.82) is 0 Å². The Morgan fingerprint density at radius 1 is 1.00 bits per heavy atom. The zero-order chi connectivity index (χ0) is 15.9. The first-order chi connectivity index (χ1) is 10.7. The predicted octanol–water partition coefficient (Wildman–Crippen LogP) is 3.82. The van der Waals surface area contributed by atoms with Crippen LogP contribution in [0.1, 0.15) is 15.9 Å². The summed E-state index contributed by atoms with van der Waals surface area (Å²) in [5, 5.41) is 0. The number of benzene rings is 2. The van der Waals surface area contributed by atoms with Gasteiger partial charge in [-0.2, -0.15) is 0 Å². The number of aldehydes is 1. The van der Waals surface area contributed by atoms with Crippen LogP contribution < -0.4 is 14.2 Å². The van der Waals surface area contributed by atoms with E-state index in [1.807, 2.05) is 30.3 Å². The third-order valence-electron chi connectivity index (χ3n) is 3.17. The highest BCUT2D eigenvalue weighted by atomic mass is 32.2. The quantitative estimate of drug-likeness (QED) is 0.573. The molecule has 2 rings (SSSR count). The minimum Gasteiger partial charge on any atom is -0.497 e. The van der Waals surface area contributed by atoms with Crippen LogP contribution in [0.4, 0.5) is 0 Å². The minimum absolute atomic E-state index is 0.477.